The maximum absolute atomic E-state index is 12.2. The van der Waals surface area contributed by atoms with Crippen molar-refractivity contribution in [1.82, 2.24) is 9.99 Å². The smallest absolute Gasteiger partial charge is 0.273 e. The van der Waals surface area contributed by atoms with Crippen LogP contribution in [0.25, 0.3) is 5.69 Å². The molecule has 0 bridgehead atoms. The van der Waals surface area contributed by atoms with Gasteiger partial charge in [-0.1, -0.05) is 47.5 Å². The number of para-hydroxylation sites is 1. The number of amides is 1. The SMILES string of the molecule is Cc1cc(C=NNC(=O)Cc2ccccc2[N+](=O)[O-])c(C)n1-c1cccc(Cl)c1Cl. The molecule has 0 aliphatic heterocycles. The Balaban J connectivity index is 1.76. The van der Waals surface area contributed by atoms with Gasteiger partial charge in [0.15, 0.2) is 0 Å². The van der Waals surface area contributed by atoms with Crippen molar-refractivity contribution in [1.29, 1.82) is 0 Å². The van der Waals surface area contributed by atoms with E-state index >= 15 is 0 Å². The molecular formula is C21H18Cl2N4O3. The van der Waals surface area contributed by atoms with Gasteiger partial charge in [0.1, 0.15) is 0 Å². The highest BCUT2D eigenvalue weighted by Gasteiger charge is 2.16. The summed E-state index contributed by atoms with van der Waals surface area (Å²) >= 11 is 12.5. The third kappa shape index (κ3) is 4.53. The fourth-order valence-corrected chi connectivity index (χ4v) is 3.56. The van der Waals surface area contributed by atoms with E-state index in [0.717, 1.165) is 22.6 Å². The lowest BCUT2D eigenvalue weighted by Gasteiger charge is -2.12. The first-order chi connectivity index (χ1) is 14.3. The standard InChI is InChI=1S/C21H18Cl2N4O3/c1-13-10-16(14(2)26(13)19-9-5-7-17(22)21(19)23)12-24-25-20(28)11-15-6-3-4-8-18(15)27(29)30/h3-10,12H,11H2,1-2H3,(H,25,28). The van der Waals surface area contributed by atoms with Gasteiger partial charge in [0.25, 0.3) is 5.69 Å². The summed E-state index contributed by atoms with van der Waals surface area (Å²) in [6.07, 6.45) is 1.38. The predicted octanol–water partition coefficient (Wildman–Crippen LogP) is 5.00. The van der Waals surface area contributed by atoms with Crippen molar-refractivity contribution in [2.45, 2.75) is 20.3 Å². The normalized spacial score (nSPS) is 11.1. The number of nitrogens with zero attached hydrogens (tertiary/aromatic N) is 3. The second-order valence-corrected chi connectivity index (χ2v) is 7.38. The molecule has 0 radical (unpaired) electrons. The molecule has 1 amide bonds. The minimum atomic E-state index is -0.512. The molecule has 0 unspecified atom stereocenters. The first kappa shape index (κ1) is 21.5. The third-order valence-corrected chi connectivity index (χ3v) is 5.38. The Morgan fingerprint density at radius 1 is 1.20 bits per heavy atom. The van der Waals surface area contributed by atoms with Crippen LogP contribution in [0.3, 0.4) is 0 Å². The lowest BCUT2D eigenvalue weighted by Crippen LogP contribution is -2.20. The van der Waals surface area contributed by atoms with E-state index < -0.39 is 10.8 Å². The second-order valence-electron chi connectivity index (χ2n) is 6.59. The summed E-state index contributed by atoms with van der Waals surface area (Å²) in [7, 11) is 0. The number of nitrogens with one attached hydrogen (secondary N) is 1. The average Bonchev–Trinajstić information content (AvgIpc) is 2.98. The van der Waals surface area contributed by atoms with E-state index in [1.54, 1.807) is 24.3 Å². The molecule has 7 nitrogen and oxygen atoms in total. The van der Waals surface area contributed by atoms with Gasteiger partial charge in [-0.3, -0.25) is 14.9 Å². The van der Waals surface area contributed by atoms with Crippen LogP contribution in [0.15, 0.2) is 53.6 Å². The lowest BCUT2D eigenvalue weighted by atomic mass is 10.1. The van der Waals surface area contributed by atoms with Crippen LogP contribution >= 0.6 is 23.2 Å². The van der Waals surface area contributed by atoms with E-state index in [1.807, 2.05) is 36.6 Å². The molecule has 0 aliphatic rings. The summed E-state index contributed by atoms with van der Waals surface area (Å²) in [6.45, 7) is 3.83. The van der Waals surface area contributed by atoms with Crippen molar-refractivity contribution >= 4 is 41.0 Å². The van der Waals surface area contributed by atoms with Gasteiger partial charge >= 0.3 is 0 Å². The maximum atomic E-state index is 12.2. The number of halogens is 2. The highest BCUT2D eigenvalue weighted by Crippen LogP contribution is 2.31. The Bertz CT molecular complexity index is 1160. The quantitative estimate of drug-likeness (QED) is 0.329. The van der Waals surface area contributed by atoms with Crippen LogP contribution < -0.4 is 5.43 Å². The monoisotopic (exact) mass is 444 g/mol. The zero-order chi connectivity index (χ0) is 21.8. The average molecular weight is 445 g/mol. The first-order valence-corrected chi connectivity index (χ1v) is 9.72. The van der Waals surface area contributed by atoms with E-state index in [4.69, 9.17) is 23.2 Å². The Morgan fingerprint density at radius 2 is 1.93 bits per heavy atom. The van der Waals surface area contributed by atoms with Crippen molar-refractivity contribution in [3.63, 3.8) is 0 Å². The number of hydrogen-bond donors (Lipinski definition) is 1. The molecular weight excluding hydrogens is 427 g/mol. The molecule has 0 spiro atoms. The minimum absolute atomic E-state index is 0.0985. The van der Waals surface area contributed by atoms with Crippen molar-refractivity contribution in [2.75, 3.05) is 0 Å². The van der Waals surface area contributed by atoms with Crippen molar-refractivity contribution < 1.29 is 9.72 Å². The van der Waals surface area contributed by atoms with E-state index in [2.05, 4.69) is 10.5 Å². The highest BCUT2D eigenvalue weighted by molar-refractivity contribution is 6.43. The summed E-state index contributed by atoms with van der Waals surface area (Å²) < 4.78 is 1.95. The number of nitro benzene ring substituents is 1. The number of aromatic nitrogens is 1. The number of nitro groups is 1. The molecule has 3 aromatic rings. The molecule has 1 N–H and O–H groups in total. The molecule has 0 atom stereocenters. The summed E-state index contributed by atoms with van der Waals surface area (Å²) in [5, 5.41) is 16.0. The number of rotatable bonds is 6. The molecule has 0 saturated carbocycles. The van der Waals surface area contributed by atoms with Gasteiger partial charge < -0.3 is 4.57 Å². The fourth-order valence-electron chi connectivity index (χ4n) is 3.18. The van der Waals surface area contributed by atoms with Crippen LogP contribution in [0.2, 0.25) is 10.0 Å². The van der Waals surface area contributed by atoms with Crippen LogP contribution in [0, 0.1) is 24.0 Å². The first-order valence-electron chi connectivity index (χ1n) is 8.97. The van der Waals surface area contributed by atoms with Gasteiger partial charge in [-0.05, 0) is 32.0 Å². The summed E-state index contributed by atoms with van der Waals surface area (Å²) in [4.78, 5) is 22.7. The number of hydrazone groups is 1. The largest absolute Gasteiger partial charge is 0.316 e. The number of carbonyl (C=O) groups is 1. The Kier molecular flexibility index (Phi) is 6.54. The van der Waals surface area contributed by atoms with Crippen LogP contribution in [-0.4, -0.2) is 21.6 Å². The molecule has 30 heavy (non-hydrogen) atoms. The molecule has 1 heterocycles. The summed E-state index contributed by atoms with van der Waals surface area (Å²) in [5.74, 6) is -0.452. The molecule has 9 heteroatoms. The van der Waals surface area contributed by atoms with E-state index in [0.29, 0.717) is 15.6 Å². The summed E-state index contributed by atoms with van der Waals surface area (Å²) in [5.41, 5.74) is 5.96. The van der Waals surface area contributed by atoms with Gasteiger partial charge in [0, 0.05) is 28.6 Å². The van der Waals surface area contributed by atoms with Crippen LogP contribution in [-0.2, 0) is 11.2 Å². The number of hydrogen-bond acceptors (Lipinski definition) is 4. The molecule has 0 aliphatic carbocycles. The Labute approximate surface area is 183 Å². The van der Waals surface area contributed by atoms with Crippen molar-refractivity contribution in [3.8, 4) is 5.69 Å². The van der Waals surface area contributed by atoms with Crippen molar-refractivity contribution in [3.05, 3.63) is 91.2 Å². The van der Waals surface area contributed by atoms with Gasteiger partial charge in [-0.2, -0.15) is 5.10 Å². The Hall–Kier alpha value is -3.16. The van der Waals surface area contributed by atoms with Crippen molar-refractivity contribution in [2.24, 2.45) is 5.10 Å². The zero-order valence-electron chi connectivity index (χ0n) is 16.2. The molecule has 1 aromatic heterocycles. The van der Waals surface area contributed by atoms with Crippen LogP contribution in [0.1, 0.15) is 22.5 Å². The van der Waals surface area contributed by atoms with Crippen LogP contribution in [0.5, 0.6) is 0 Å². The molecule has 3 rings (SSSR count). The second kappa shape index (κ2) is 9.11. The maximum Gasteiger partial charge on any atom is 0.273 e. The van der Waals surface area contributed by atoms with Crippen LogP contribution in [0.4, 0.5) is 5.69 Å². The van der Waals surface area contributed by atoms with E-state index in [9.17, 15) is 14.9 Å². The van der Waals surface area contributed by atoms with E-state index in [1.165, 1.54) is 12.3 Å². The van der Waals surface area contributed by atoms with Gasteiger partial charge in [0.05, 0.1) is 33.3 Å². The number of benzene rings is 2. The topological polar surface area (TPSA) is 89.5 Å². The van der Waals surface area contributed by atoms with E-state index in [-0.39, 0.29) is 12.1 Å². The third-order valence-electron chi connectivity index (χ3n) is 4.57. The molecule has 0 fully saturated rings. The highest BCUT2D eigenvalue weighted by atomic mass is 35.5. The molecule has 154 valence electrons. The minimum Gasteiger partial charge on any atom is -0.316 e. The number of carbonyl (C=O) groups excluding carboxylic acids is 1. The molecule has 0 saturated heterocycles. The van der Waals surface area contributed by atoms with Gasteiger partial charge in [-0.25, -0.2) is 5.43 Å². The summed E-state index contributed by atoms with van der Waals surface area (Å²) in [6, 6.07) is 13.4. The Morgan fingerprint density at radius 3 is 2.67 bits per heavy atom. The molecule has 2 aromatic carbocycles. The fraction of sp³-hybridized carbons (Fsp3) is 0.143. The van der Waals surface area contributed by atoms with Gasteiger partial charge in [-0.15, -0.1) is 0 Å². The zero-order valence-corrected chi connectivity index (χ0v) is 17.7. The lowest BCUT2D eigenvalue weighted by molar-refractivity contribution is -0.385. The predicted molar refractivity (Wildman–Crippen MR) is 118 cm³/mol. The number of aryl methyl sites for hydroxylation is 1. The van der Waals surface area contributed by atoms with Gasteiger partial charge in [0.2, 0.25) is 5.91 Å².